The number of aromatic nitrogens is 1. The summed E-state index contributed by atoms with van der Waals surface area (Å²) in [5.41, 5.74) is 1.30. The highest BCUT2D eigenvalue weighted by Crippen LogP contribution is 2.24. The molecule has 0 aliphatic heterocycles. The number of unbranched alkanes of at least 4 members (excludes halogenated alkanes) is 1. The van der Waals surface area contributed by atoms with E-state index in [1.807, 2.05) is 18.2 Å². The fourth-order valence-electron chi connectivity index (χ4n) is 3.42. The topological polar surface area (TPSA) is 120 Å². The molecule has 10 heteroatoms. The van der Waals surface area contributed by atoms with Gasteiger partial charge in [0.05, 0.1) is 15.6 Å². The summed E-state index contributed by atoms with van der Waals surface area (Å²) in [6.45, 7) is 0.725. The third-order valence-corrected chi connectivity index (χ3v) is 5.90. The number of carbonyl (C=O) groups is 3. The maximum atomic E-state index is 12.6. The van der Waals surface area contributed by atoms with Gasteiger partial charge in [-0.15, -0.1) is 0 Å². The smallest absolute Gasteiger partial charge is 0.326 e. The first-order valence-corrected chi connectivity index (χ1v) is 12.1. The van der Waals surface area contributed by atoms with Crippen LogP contribution in [0.1, 0.15) is 35.2 Å². The molecule has 4 N–H and O–H groups in total. The third kappa shape index (κ3) is 8.25. The fourth-order valence-corrected chi connectivity index (χ4v) is 3.99. The summed E-state index contributed by atoms with van der Waals surface area (Å²) in [7, 11) is 0. The molecule has 36 heavy (non-hydrogen) atoms. The van der Waals surface area contributed by atoms with Crippen molar-refractivity contribution in [2.45, 2.75) is 31.7 Å². The number of hydrogen-bond donors (Lipinski definition) is 4. The number of anilines is 2. The number of benzene rings is 2. The minimum atomic E-state index is -1.19. The molecule has 8 nitrogen and oxygen atoms in total. The van der Waals surface area contributed by atoms with Crippen LogP contribution in [0.5, 0.6) is 0 Å². The normalized spacial score (nSPS) is 11.4. The number of carbonyl (C=O) groups excluding carboxylic acids is 2. The first-order chi connectivity index (χ1) is 17.3. The summed E-state index contributed by atoms with van der Waals surface area (Å²) >= 11 is 12.1. The minimum Gasteiger partial charge on any atom is -0.480 e. The highest BCUT2D eigenvalue weighted by molar-refractivity contribution is 6.39. The van der Waals surface area contributed by atoms with E-state index in [2.05, 4.69) is 20.9 Å². The molecule has 0 radical (unpaired) electrons. The first kappa shape index (κ1) is 27.0. The quantitative estimate of drug-likeness (QED) is 0.244. The standard InChI is InChI=1S/C26H26Cl2N4O4/c27-19-6-5-7-20(28)24(19)25(34)32-21(26(35)36)16-17-10-12-18(13-11-17)31-23(33)9-2-4-15-30-22-8-1-3-14-29-22/h1,3,5-8,10-14,21H,2,4,9,15-16H2,(H,29,30)(H,31,33)(H,32,34)(H,35,36)/t21-/m0/s1. The second-order valence-corrected chi connectivity index (χ2v) is 8.82. The maximum absolute atomic E-state index is 12.6. The summed E-state index contributed by atoms with van der Waals surface area (Å²) in [4.78, 5) is 40.7. The molecule has 1 heterocycles. The Morgan fingerprint density at radius 1 is 0.917 bits per heavy atom. The zero-order valence-corrected chi connectivity index (χ0v) is 20.9. The van der Waals surface area contributed by atoms with Gasteiger partial charge in [0.15, 0.2) is 0 Å². The van der Waals surface area contributed by atoms with Gasteiger partial charge in [0, 0.05) is 31.3 Å². The summed E-state index contributed by atoms with van der Waals surface area (Å²) in [6.07, 6.45) is 3.68. The lowest BCUT2D eigenvalue weighted by molar-refractivity contribution is -0.139. The molecule has 0 spiro atoms. The Hall–Kier alpha value is -3.62. The van der Waals surface area contributed by atoms with Crippen molar-refractivity contribution in [3.8, 4) is 0 Å². The van der Waals surface area contributed by atoms with Crippen molar-refractivity contribution >= 4 is 52.5 Å². The van der Waals surface area contributed by atoms with E-state index < -0.39 is 17.9 Å². The summed E-state index contributed by atoms with van der Waals surface area (Å²) in [5, 5.41) is 18.3. The summed E-state index contributed by atoms with van der Waals surface area (Å²) in [6, 6.07) is 15.9. The number of carboxylic acid groups (broad SMARTS) is 1. The van der Waals surface area contributed by atoms with Crippen LogP contribution in [-0.2, 0) is 16.0 Å². The van der Waals surface area contributed by atoms with Crippen LogP contribution < -0.4 is 16.0 Å². The van der Waals surface area contributed by atoms with Crippen LogP contribution in [0.4, 0.5) is 11.5 Å². The van der Waals surface area contributed by atoms with Gasteiger partial charge in [-0.2, -0.15) is 0 Å². The summed E-state index contributed by atoms with van der Waals surface area (Å²) in [5.74, 6) is -1.16. The average Bonchev–Trinajstić information content (AvgIpc) is 2.85. The van der Waals surface area contributed by atoms with Gasteiger partial charge in [-0.1, -0.05) is 47.5 Å². The van der Waals surface area contributed by atoms with E-state index >= 15 is 0 Å². The van der Waals surface area contributed by atoms with Gasteiger partial charge in [-0.25, -0.2) is 9.78 Å². The number of pyridine rings is 1. The molecule has 0 saturated heterocycles. The lowest BCUT2D eigenvalue weighted by Crippen LogP contribution is -2.42. The van der Waals surface area contributed by atoms with Crippen LogP contribution in [0.3, 0.4) is 0 Å². The SMILES string of the molecule is O=C(CCCCNc1ccccn1)Nc1ccc(C[C@H](NC(=O)c2c(Cl)cccc2Cl)C(=O)O)cc1. The zero-order valence-electron chi connectivity index (χ0n) is 19.3. The number of nitrogens with one attached hydrogen (secondary N) is 3. The number of aliphatic carboxylic acids is 1. The molecule has 1 atom stereocenters. The van der Waals surface area contributed by atoms with Crippen LogP contribution >= 0.6 is 23.2 Å². The van der Waals surface area contributed by atoms with Gasteiger partial charge >= 0.3 is 5.97 Å². The lowest BCUT2D eigenvalue weighted by Gasteiger charge is -2.16. The Kier molecular flexibility index (Phi) is 10.1. The molecule has 0 unspecified atom stereocenters. The number of hydrogen-bond acceptors (Lipinski definition) is 5. The van der Waals surface area contributed by atoms with Crippen molar-refractivity contribution in [3.63, 3.8) is 0 Å². The number of amides is 2. The monoisotopic (exact) mass is 528 g/mol. The van der Waals surface area contributed by atoms with Gasteiger partial charge in [-0.3, -0.25) is 9.59 Å². The molecule has 0 bridgehead atoms. The fraction of sp³-hybridized carbons (Fsp3) is 0.231. The molecule has 2 aromatic carbocycles. The Balaban J connectivity index is 1.46. The Bertz CT molecular complexity index is 1170. The molecule has 0 fully saturated rings. The van der Waals surface area contributed by atoms with Gasteiger partial charge in [0.25, 0.3) is 5.91 Å². The van der Waals surface area contributed by atoms with E-state index in [1.165, 1.54) is 12.1 Å². The molecular weight excluding hydrogens is 503 g/mol. The van der Waals surface area contributed by atoms with Gasteiger partial charge in [-0.05, 0) is 54.8 Å². The van der Waals surface area contributed by atoms with Gasteiger partial charge < -0.3 is 21.1 Å². The largest absolute Gasteiger partial charge is 0.480 e. The molecule has 2 amide bonds. The van der Waals surface area contributed by atoms with Crippen LogP contribution in [0.2, 0.25) is 10.0 Å². The maximum Gasteiger partial charge on any atom is 0.326 e. The van der Waals surface area contributed by atoms with Crippen molar-refractivity contribution in [2.75, 3.05) is 17.2 Å². The van der Waals surface area contributed by atoms with Crippen molar-refractivity contribution in [1.82, 2.24) is 10.3 Å². The molecule has 3 aromatic rings. The van der Waals surface area contributed by atoms with Crippen molar-refractivity contribution in [2.24, 2.45) is 0 Å². The van der Waals surface area contributed by atoms with Crippen LogP contribution in [0, 0.1) is 0 Å². The highest BCUT2D eigenvalue weighted by Gasteiger charge is 2.23. The Labute approximate surface area is 219 Å². The lowest BCUT2D eigenvalue weighted by atomic mass is 10.0. The van der Waals surface area contributed by atoms with Gasteiger partial charge in [0.1, 0.15) is 11.9 Å². The minimum absolute atomic E-state index is 0.0256. The summed E-state index contributed by atoms with van der Waals surface area (Å²) < 4.78 is 0. The van der Waals surface area contributed by atoms with Crippen LogP contribution in [0.15, 0.2) is 66.9 Å². The molecule has 0 saturated carbocycles. The predicted molar refractivity (Wildman–Crippen MR) is 141 cm³/mol. The third-order valence-electron chi connectivity index (χ3n) is 5.27. The van der Waals surface area contributed by atoms with E-state index in [4.69, 9.17) is 23.2 Å². The molecule has 1 aromatic heterocycles. The number of nitrogens with zero attached hydrogens (tertiary/aromatic N) is 1. The van der Waals surface area contributed by atoms with E-state index in [-0.39, 0.29) is 27.9 Å². The second kappa shape index (κ2) is 13.5. The Morgan fingerprint density at radius 3 is 2.28 bits per heavy atom. The highest BCUT2D eigenvalue weighted by atomic mass is 35.5. The van der Waals surface area contributed by atoms with Crippen LogP contribution in [-0.4, -0.2) is 40.5 Å². The number of halogens is 2. The van der Waals surface area contributed by atoms with Crippen molar-refractivity contribution in [3.05, 3.63) is 88.0 Å². The second-order valence-electron chi connectivity index (χ2n) is 8.01. The van der Waals surface area contributed by atoms with Gasteiger partial charge in [0.2, 0.25) is 5.91 Å². The van der Waals surface area contributed by atoms with E-state index in [0.717, 1.165) is 25.2 Å². The van der Waals surface area contributed by atoms with Crippen molar-refractivity contribution < 1.29 is 19.5 Å². The first-order valence-electron chi connectivity index (χ1n) is 11.3. The Morgan fingerprint density at radius 2 is 1.64 bits per heavy atom. The van der Waals surface area contributed by atoms with Crippen molar-refractivity contribution in [1.29, 1.82) is 0 Å². The molecular formula is C26H26Cl2N4O4. The van der Waals surface area contributed by atoms with E-state index in [1.54, 1.807) is 36.5 Å². The number of rotatable bonds is 12. The molecule has 188 valence electrons. The predicted octanol–water partition coefficient (Wildman–Crippen LogP) is 5.04. The zero-order chi connectivity index (χ0) is 25.9. The van der Waals surface area contributed by atoms with E-state index in [0.29, 0.717) is 17.7 Å². The number of carboxylic acids is 1. The molecule has 3 rings (SSSR count). The molecule has 0 aliphatic rings. The molecule has 0 aliphatic carbocycles. The van der Waals surface area contributed by atoms with Crippen LogP contribution in [0.25, 0.3) is 0 Å². The average molecular weight is 529 g/mol. The van der Waals surface area contributed by atoms with E-state index in [9.17, 15) is 19.5 Å².